The number of nitrogens with one attached hydrogen (secondary N) is 3. The molecule has 0 radical (unpaired) electrons. The smallest absolute Gasteiger partial charge is 0.0351 e. The average molecular weight is 177 g/mol. The summed E-state index contributed by atoms with van der Waals surface area (Å²) in [6.45, 7) is 0. The van der Waals surface area contributed by atoms with Gasteiger partial charge in [0.1, 0.15) is 0 Å². The van der Waals surface area contributed by atoms with Crippen LogP contribution in [0.25, 0.3) is 0 Å². The molecule has 0 bridgehead atoms. The SMILES string of the molecule is ONC1CC(NO)CC(NO)C1. The first kappa shape index (κ1) is 9.85. The Balaban J connectivity index is 2.41. The molecule has 0 heterocycles. The molecule has 1 aliphatic carbocycles. The monoisotopic (exact) mass is 177 g/mol. The van der Waals surface area contributed by atoms with Crippen molar-refractivity contribution in [3.63, 3.8) is 0 Å². The molecule has 72 valence electrons. The molecule has 0 spiro atoms. The van der Waals surface area contributed by atoms with Crippen molar-refractivity contribution in [3.8, 4) is 0 Å². The van der Waals surface area contributed by atoms with E-state index >= 15 is 0 Å². The van der Waals surface area contributed by atoms with Gasteiger partial charge in [0.15, 0.2) is 0 Å². The fourth-order valence-corrected chi connectivity index (χ4v) is 1.64. The van der Waals surface area contributed by atoms with Crippen LogP contribution >= 0.6 is 0 Å². The predicted molar refractivity (Wildman–Crippen MR) is 40.0 cm³/mol. The van der Waals surface area contributed by atoms with Gasteiger partial charge in [-0.1, -0.05) is 0 Å². The van der Waals surface area contributed by atoms with E-state index in [1.165, 1.54) is 0 Å². The summed E-state index contributed by atoms with van der Waals surface area (Å²) in [5.41, 5.74) is 6.39. The molecule has 0 saturated heterocycles. The van der Waals surface area contributed by atoms with Gasteiger partial charge < -0.3 is 15.6 Å². The minimum absolute atomic E-state index is 0.0898. The molecule has 0 amide bonds. The highest BCUT2D eigenvalue weighted by molar-refractivity contribution is 4.85. The fourth-order valence-electron chi connectivity index (χ4n) is 1.64. The fraction of sp³-hybridized carbons (Fsp3) is 1.00. The Morgan fingerprint density at radius 1 is 0.667 bits per heavy atom. The van der Waals surface area contributed by atoms with Crippen molar-refractivity contribution in [2.75, 3.05) is 0 Å². The van der Waals surface area contributed by atoms with E-state index in [0.29, 0.717) is 19.3 Å². The van der Waals surface area contributed by atoms with Crippen LogP contribution in [-0.2, 0) is 0 Å². The van der Waals surface area contributed by atoms with Crippen molar-refractivity contribution in [3.05, 3.63) is 0 Å². The molecular formula is C6H15N3O3. The summed E-state index contributed by atoms with van der Waals surface area (Å²) in [5, 5.41) is 25.9. The molecule has 0 aromatic carbocycles. The van der Waals surface area contributed by atoms with Gasteiger partial charge in [-0.25, -0.2) is 16.4 Å². The number of hydroxylamine groups is 3. The molecule has 6 nitrogen and oxygen atoms in total. The first-order valence-corrected chi connectivity index (χ1v) is 3.99. The molecule has 0 aliphatic heterocycles. The van der Waals surface area contributed by atoms with Gasteiger partial charge in [-0.3, -0.25) is 0 Å². The van der Waals surface area contributed by atoms with E-state index in [1.54, 1.807) is 0 Å². The van der Waals surface area contributed by atoms with Crippen molar-refractivity contribution in [2.24, 2.45) is 0 Å². The molecule has 0 unspecified atom stereocenters. The third-order valence-electron chi connectivity index (χ3n) is 2.25. The highest BCUT2D eigenvalue weighted by Gasteiger charge is 2.27. The zero-order valence-corrected chi connectivity index (χ0v) is 6.70. The van der Waals surface area contributed by atoms with Crippen LogP contribution in [0.3, 0.4) is 0 Å². The molecule has 1 rings (SSSR count). The normalized spacial score (nSPS) is 36.8. The number of hydrogen-bond acceptors (Lipinski definition) is 6. The van der Waals surface area contributed by atoms with Crippen molar-refractivity contribution in [1.82, 2.24) is 16.4 Å². The van der Waals surface area contributed by atoms with Crippen molar-refractivity contribution >= 4 is 0 Å². The van der Waals surface area contributed by atoms with Crippen LogP contribution in [0, 0.1) is 0 Å². The summed E-state index contributed by atoms with van der Waals surface area (Å²) in [5.74, 6) is 0. The quantitative estimate of drug-likeness (QED) is 0.316. The molecule has 0 atom stereocenters. The minimum Gasteiger partial charge on any atom is -0.317 e. The second-order valence-electron chi connectivity index (χ2n) is 3.19. The highest BCUT2D eigenvalue weighted by Crippen LogP contribution is 2.18. The third kappa shape index (κ3) is 2.37. The lowest BCUT2D eigenvalue weighted by Gasteiger charge is -2.32. The standard InChI is InChI=1S/C6H15N3O3/c10-7-4-1-5(8-11)3-6(2-4)9-12/h4-12H,1-3H2. The summed E-state index contributed by atoms with van der Waals surface area (Å²) in [7, 11) is 0. The molecule has 0 aromatic heterocycles. The van der Waals surface area contributed by atoms with Gasteiger partial charge in [0.05, 0.1) is 0 Å². The van der Waals surface area contributed by atoms with E-state index in [0.717, 1.165) is 0 Å². The van der Waals surface area contributed by atoms with Crippen molar-refractivity contribution in [1.29, 1.82) is 0 Å². The largest absolute Gasteiger partial charge is 0.317 e. The van der Waals surface area contributed by atoms with Crippen LogP contribution < -0.4 is 16.4 Å². The van der Waals surface area contributed by atoms with Gasteiger partial charge in [0.25, 0.3) is 0 Å². The summed E-state index contributed by atoms with van der Waals surface area (Å²) in [6, 6.07) is -0.269. The summed E-state index contributed by atoms with van der Waals surface area (Å²) in [4.78, 5) is 0. The van der Waals surface area contributed by atoms with Crippen molar-refractivity contribution < 1.29 is 15.6 Å². The third-order valence-corrected chi connectivity index (χ3v) is 2.25. The molecule has 6 heteroatoms. The predicted octanol–water partition coefficient (Wildman–Crippen LogP) is -0.787. The Kier molecular flexibility index (Phi) is 3.86. The van der Waals surface area contributed by atoms with E-state index in [2.05, 4.69) is 16.4 Å². The van der Waals surface area contributed by atoms with Crippen LogP contribution in [0.4, 0.5) is 0 Å². The molecule has 1 saturated carbocycles. The van der Waals surface area contributed by atoms with Gasteiger partial charge in [-0.2, -0.15) is 0 Å². The first-order valence-electron chi connectivity index (χ1n) is 3.99. The van der Waals surface area contributed by atoms with E-state index in [-0.39, 0.29) is 18.1 Å². The molecule has 6 N–H and O–H groups in total. The molecule has 1 fully saturated rings. The second-order valence-corrected chi connectivity index (χ2v) is 3.19. The van der Waals surface area contributed by atoms with Crippen LogP contribution in [-0.4, -0.2) is 33.7 Å². The van der Waals surface area contributed by atoms with Crippen molar-refractivity contribution in [2.45, 2.75) is 37.4 Å². The van der Waals surface area contributed by atoms with Gasteiger partial charge in [0, 0.05) is 18.1 Å². The zero-order chi connectivity index (χ0) is 8.97. The molecular weight excluding hydrogens is 162 g/mol. The Hall–Kier alpha value is -0.240. The van der Waals surface area contributed by atoms with Crippen LogP contribution in [0.5, 0.6) is 0 Å². The van der Waals surface area contributed by atoms with Crippen LogP contribution in [0.2, 0.25) is 0 Å². The lowest BCUT2D eigenvalue weighted by Crippen LogP contribution is -2.48. The van der Waals surface area contributed by atoms with Crippen LogP contribution in [0.1, 0.15) is 19.3 Å². The topological polar surface area (TPSA) is 96.8 Å². The Morgan fingerprint density at radius 2 is 0.917 bits per heavy atom. The lowest BCUT2D eigenvalue weighted by atomic mass is 9.88. The van der Waals surface area contributed by atoms with E-state index in [9.17, 15) is 0 Å². The summed E-state index contributed by atoms with van der Waals surface area (Å²) in [6.07, 6.45) is 1.93. The summed E-state index contributed by atoms with van der Waals surface area (Å²) < 4.78 is 0. The van der Waals surface area contributed by atoms with E-state index in [4.69, 9.17) is 15.6 Å². The molecule has 1 aliphatic rings. The Morgan fingerprint density at radius 3 is 1.08 bits per heavy atom. The van der Waals surface area contributed by atoms with E-state index < -0.39 is 0 Å². The second kappa shape index (κ2) is 4.70. The number of hydrogen-bond donors (Lipinski definition) is 6. The zero-order valence-electron chi connectivity index (χ0n) is 6.70. The van der Waals surface area contributed by atoms with Gasteiger partial charge in [0.2, 0.25) is 0 Å². The maximum absolute atomic E-state index is 8.65. The average Bonchev–Trinajstić information content (AvgIpc) is 2.16. The Bertz CT molecular complexity index is 105. The maximum atomic E-state index is 8.65. The first-order chi connectivity index (χ1) is 5.80. The van der Waals surface area contributed by atoms with Gasteiger partial charge in [-0.15, -0.1) is 0 Å². The Labute approximate surface area is 70.5 Å². The summed E-state index contributed by atoms with van der Waals surface area (Å²) >= 11 is 0. The van der Waals surface area contributed by atoms with Gasteiger partial charge in [-0.05, 0) is 19.3 Å². The molecule has 12 heavy (non-hydrogen) atoms. The number of rotatable bonds is 3. The minimum atomic E-state index is -0.0898. The van der Waals surface area contributed by atoms with E-state index in [1.807, 2.05) is 0 Å². The maximum Gasteiger partial charge on any atom is 0.0351 e. The lowest BCUT2D eigenvalue weighted by molar-refractivity contribution is 0.0209. The molecule has 0 aromatic rings. The highest BCUT2D eigenvalue weighted by atomic mass is 16.5. The van der Waals surface area contributed by atoms with Crippen LogP contribution in [0.15, 0.2) is 0 Å². The van der Waals surface area contributed by atoms with Gasteiger partial charge >= 0.3 is 0 Å².